The number of hydrogen-bond acceptors (Lipinski definition) is 5. The van der Waals surface area contributed by atoms with Crippen molar-refractivity contribution < 1.29 is 0 Å². The number of nitrogens with two attached hydrogens (primary N) is 1. The molecule has 3 rings (SSSR count). The SMILES string of the molecule is CCC(N)C(Sc1n[nH]c(=O)n1C1CC1)c1ccsc1. The molecule has 108 valence electrons. The van der Waals surface area contributed by atoms with E-state index in [1.807, 2.05) is 0 Å². The zero-order valence-electron chi connectivity index (χ0n) is 11.3. The van der Waals surface area contributed by atoms with Gasteiger partial charge in [-0.05, 0) is 41.7 Å². The quantitative estimate of drug-likeness (QED) is 0.804. The van der Waals surface area contributed by atoms with Gasteiger partial charge in [-0.3, -0.25) is 4.57 Å². The van der Waals surface area contributed by atoms with E-state index >= 15 is 0 Å². The van der Waals surface area contributed by atoms with E-state index in [-0.39, 0.29) is 17.0 Å². The van der Waals surface area contributed by atoms with Gasteiger partial charge in [0.1, 0.15) is 0 Å². The van der Waals surface area contributed by atoms with Crippen molar-refractivity contribution in [1.82, 2.24) is 14.8 Å². The summed E-state index contributed by atoms with van der Waals surface area (Å²) in [7, 11) is 0. The van der Waals surface area contributed by atoms with Crippen LogP contribution in [0.25, 0.3) is 0 Å². The second-order valence-corrected chi connectivity index (χ2v) is 6.97. The Hall–Kier alpha value is -1.05. The summed E-state index contributed by atoms with van der Waals surface area (Å²) in [4.78, 5) is 11.8. The maximum Gasteiger partial charge on any atom is 0.344 e. The summed E-state index contributed by atoms with van der Waals surface area (Å²) in [6, 6.07) is 2.48. The molecule has 5 nitrogen and oxygen atoms in total. The molecule has 1 saturated carbocycles. The molecule has 3 N–H and O–H groups in total. The van der Waals surface area contributed by atoms with Gasteiger partial charge in [0.2, 0.25) is 0 Å². The van der Waals surface area contributed by atoms with Gasteiger partial charge in [-0.2, -0.15) is 11.3 Å². The van der Waals surface area contributed by atoms with E-state index in [0.29, 0.717) is 6.04 Å². The van der Waals surface area contributed by atoms with Gasteiger partial charge in [-0.1, -0.05) is 18.7 Å². The van der Waals surface area contributed by atoms with Crippen LogP contribution in [0, 0.1) is 0 Å². The minimum atomic E-state index is -0.107. The van der Waals surface area contributed by atoms with E-state index in [0.717, 1.165) is 24.4 Å². The number of H-pyrrole nitrogens is 1. The summed E-state index contributed by atoms with van der Waals surface area (Å²) >= 11 is 3.27. The van der Waals surface area contributed by atoms with Gasteiger partial charge in [-0.25, -0.2) is 9.89 Å². The number of hydrogen-bond donors (Lipinski definition) is 2. The van der Waals surface area contributed by atoms with Crippen LogP contribution >= 0.6 is 23.1 Å². The Kier molecular flexibility index (Phi) is 4.00. The molecule has 0 saturated heterocycles. The zero-order valence-corrected chi connectivity index (χ0v) is 12.9. The molecule has 0 aliphatic heterocycles. The van der Waals surface area contributed by atoms with Crippen LogP contribution in [0.4, 0.5) is 0 Å². The van der Waals surface area contributed by atoms with E-state index in [9.17, 15) is 4.79 Å². The Morgan fingerprint density at radius 3 is 3.05 bits per heavy atom. The van der Waals surface area contributed by atoms with Crippen molar-refractivity contribution in [3.05, 3.63) is 32.9 Å². The molecule has 0 spiro atoms. The molecular weight excluding hydrogens is 292 g/mol. The molecule has 0 amide bonds. The van der Waals surface area contributed by atoms with Crippen LogP contribution in [0.3, 0.4) is 0 Å². The summed E-state index contributed by atoms with van der Waals surface area (Å²) in [6.07, 6.45) is 3.03. The predicted octanol–water partition coefficient (Wildman–Crippen LogP) is 2.54. The number of thioether (sulfide) groups is 1. The average molecular weight is 310 g/mol. The number of thiophene rings is 1. The van der Waals surface area contributed by atoms with Crippen molar-refractivity contribution in [2.75, 3.05) is 0 Å². The molecule has 2 aromatic rings. The molecule has 2 atom stereocenters. The molecule has 1 aliphatic carbocycles. The number of nitrogens with zero attached hydrogens (tertiary/aromatic N) is 2. The van der Waals surface area contributed by atoms with Crippen molar-refractivity contribution >= 4 is 23.1 Å². The first-order valence-electron chi connectivity index (χ1n) is 6.82. The summed E-state index contributed by atoms with van der Waals surface area (Å²) in [5.41, 5.74) is 7.37. The molecule has 2 heterocycles. The predicted molar refractivity (Wildman–Crippen MR) is 82.3 cm³/mol. The zero-order chi connectivity index (χ0) is 14.1. The van der Waals surface area contributed by atoms with Crippen LogP contribution in [0.2, 0.25) is 0 Å². The minimum Gasteiger partial charge on any atom is -0.326 e. The molecule has 1 aliphatic rings. The molecule has 1 fully saturated rings. The van der Waals surface area contributed by atoms with Crippen LogP contribution in [0.1, 0.15) is 43.0 Å². The molecule has 0 bridgehead atoms. The van der Waals surface area contributed by atoms with Crippen LogP contribution < -0.4 is 11.4 Å². The molecular formula is C13H18N4OS2. The monoisotopic (exact) mass is 310 g/mol. The van der Waals surface area contributed by atoms with Crippen molar-refractivity contribution in [2.24, 2.45) is 5.73 Å². The molecule has 0 aromatic carbocycles. The minimum absolute atomic E-state index is 0.0501. The normalized spacial score (nSPS) is 18.1. The summed E-state index contributed by atoms with van der Waals surface area (Å²) in [5.74, 6) is 0. The molecule has 7 heteroatoms. The average Bonchev–Trinajstić information content (AvgIpc) is 3.00. The van der Waals surface area contributed by atoms with E-state index in [2.05, 4.69) is 33.9 Å². The lowest BCUT2D eigenvalue weighted by Crippen LogP contribution is -2.26. The smallest absolute Gasteiger partial charge is 0.326 e. The van der Waals surface area contributed by atoms with Crippen LogP contribution in [0.15, 0.2) is 26.8 Å². The Morgan fingerprint density at radius 2 is 2.45 bits per heavy atom. The van der Waals surface area contributed by atoms with Gasteiger partial charge in [0.05, 0.1) is 5.25 Å². The number of aromatic nitrogens is 3. The Morgan fingerprint density at radius 1 is 1.65 bits per heavy atom. The molecule has 0 radical (unpaired) electrons. The first kappa shape index (κ1) is 13.9. The summed E-state index contributed by atoms with van der Waals surface area (Å²) < 4.78 is 1.78. The lowest BCUT2D eigenvalue weighted by atomic mass is 10.1. The third kappa shape index (κ3) is 2.70. The van der Waals surface area contributed by atoms with Crippen LogP contribution in [-0.4, -0.2) is 20.8 Å². The highest BCUT2D eigenvalue weighted by atomic mass is 32.2. The van der Waals surface area contributed by atoms with Crippen molar-refractivity contribution in [1.29, 1.82) is 0 Å². The topological polar surface area (TPSA) is 76.7 Å². The van der Waals surface area contributed by atoms with Gasteiger partial charge < -0.3 is 5.73 Å². The number of nitrogens with one attached hydrogen (secondary N) is 1. The molecule has 2 unspecified atom stereocenters. The third-order valence-corrected chi connectivity index (χ3v) is 5.62. The van der Waals surface area contributed by atoms with E-state index in [1.165, 1.54) is 5.56 Å². The second kappa shape index (κ2) is 5.75. The highest BCUT2D eigenvalue weighted by Crippen LogP contribution is 2.41. The van der Waals surface area contributed by atoms with Gasteiger partial charge in [0, 0.05) is 12.1 Å². The lowest BCUT2D eigenvalue weighted by Gasteiger charge is -2.21. The van der Waals surface area contributed by atoms with Crippen LogP contribution in [-0.2, 0) is 0 Å². The van der Waals surface area contributed by atoms with Crippen molar-refractivity contribution in [3.63, 3.8) is 0 Å². The van der Waals surface area contributed by atoms with E-state index < -0.39 is 0 Å². The molecule has 20 heavy (non-hydrogen) atoms. The Bertz CT molecular complexity index is 615. The standard InChI is InChI=1S/C13H18N4OS2/c1-2-10(14)11(8-5-6-19-7-8)20-13-16-15-12(18)17(13)9-3-4-9/h5-7,9-11H,2-4,14H2,1H3,(H,15,18). The molecule has 2 aromatic heterocycles. The lowest BCUT2D eigenvalue weighted by molar-refractivity contribution is 0.617. The first-order chi connectivity index (χ1) is 9.70. The number of rotatable bonds is 6. The van der Waals surface area contributed by atoms with Crippen molar-refractivity contribution in [2.45, 2.75) is 48.7 Å². The first-order valence-corrected chi connectivity index (χ1v) is 8.64. The van der Waals surface area contributed by atoms with Gasteiger partial charge >= 0.3 is 5.69 Å². The summed E-state index contributed by atoms with van der Waals surface area (Å²) in [5, 5.41) is 11.8. The maximum atomic E-state index is 11.8. The highest BCUT2D eigenvalue weighted by molar-refractivity contribution is 7.99. The highest BCUT2D eigenvalue weighted by Gasteiger charge is 2.31. The van der Waals surface area contributed by atoms with Gasteiger partial charge in [0.25, 0.3) is 0 Å². The van der Waals surface area contributed by atoms with E-state index in [4.69, 9.17) is 5.73 Å². The van der Waals surface area contributed by atoms with Gasteiger partial charge in [-0.15, -0.1) is 5.10 Å². The van der Waals surface area contributed by atoms with Crippen molar-refractivity contribution in [3.8, 4) is 0 Å². The Labute approximate surface area is 125 Å². The fourth-order valence-electron chi connectivity index (χ4n) is 2.20. The number of aromatic amines is 1. The van der Waals surface area contributed by atoms with Crippen LogP contribution in [0.5, 0.6) is 0 Å². The second-order valence-electron chi connectivity index (χ2n) is 5.08. The fraction of sp³-hybridized carbons (Fsp3) is 0.538. The largest absolute Gasteiger partial charge is 0.344 e. The fourth-order valence-corrected chi connectivity index (χ4v) is 4.30. The maximum absolute atomic E-state index is 11.8. The third-order valence-electron chi connectivity index (χ3n) is 3.55. The van der Waals surface area contributed by atoms with E-state index in [1.54, 1.807) is 27.7 Å². The summed E-state index contributed by atoms with van der Waals surface area (Å²) in [6.45, 7) is 2.09. The van der Waals surface area contributed by atoms with Gasteiger partial charge in [0.15, 0.2) is 5.16 Å². The Balaban J connectivity index is 1.88.